The zero-order valence-electron chi connectivity index (χ0n) is 15.6. The molecule has 0 atom stereocenters. The van der Waals surface area contributed by atoms with Crippen LogP contribution in [0.25, 0.3) is 22.9 Å². The van der Waals surface area contributed by atoms with Crippen LogP contribution < -0.4 is 10.3 Å². The van der Waals surface area contributed by atoms with Crippen molar-refractivity contribution in [3.05, 3.63) is 100 Å². The number of para-hydroxylation sites is 2. The van der Waals surface area contributed by atoms with E-state index in [9.17, 15) is 18.3 Å². The van der Waals surface area contributed by atoms with Gasteiger partial charge in [-0.3, -0.25) is 9.52 Å². The molecule has 1 aromatic heterocycles. The van der Waals surface area contributed by atoms with Crippen LogP contribution in [0.3, 0.4) is 0 Å². The topological polar surface area (TPSA) is 112 Å². The van der Waals surface area contributed by atoms with E-state index in [4.69, 9.17) is 0 Å². The highest BCUT2D eigenvalue weighted by molar-refractivity contribution is 7.92. The molecule has 0 aliphatic rings. The molecule has 1 heterocycles. The number of aliphatic hydroxyl groups is 1. The maximum atomic E-state index is 12.5. The average molecular weight is 419 g/mol. The quantitative estimate of drug-likeness (QED) is 0.426. The Labute approximate surface area is 172 Å². The summed E-state index contributed by atoms with van der Waals surface area (Å²) in [5.74, 6) is -0.218. The second-order valence-electron chi connectivity index (χ2n) is 6.50. The maximum absolute atomic E-state index is 12.5. The van der Waals surface area contributed by atoms with Crippen molar-refractivity contribution in [1.82, 2.24) is 9.97 Å². The fraction of sp³-hybridized carbons (Fsp3) is 0. The van der Waals surface area contributed by atoms with Gasteiger partial charge in [0.25, 0.3) is 15.6 Å². The zero-order chi connectivity index (χ0) is 21.1. The first kappa shape index (κ1) is 19.4. The van der Waals surface area contributed by atoms with Gasteiger partial charge >= 0.3 is 0 Å². The highest BCUT2D eigenvalue weighted by Crippen LogP contribution is 2.21. The molecule has 0 saturated heterocycles. The molecule has 3 aromatic carbocycles. The van der Waals surface area contributed by atoms with Crippen molar-refractivity contribution in [3.63, 3.8) is 0 Å². The molecular weight excluding hydrogens is 402 g/mol. The number of aliphatic hydroxyl groups excluding tert-OH is 1. The predicted molar refractivity (Wildman–Crippen MR) is 117 cm³/mol. The molecule has 0 aliphatic heterocycles. The molecule has 150 valence electrons. The van der Waals surface area contributed by atoms with Gasteiger partial charge in [0.15, 0.2) is 0 Å². The van der Waals surface area contributed by atoms with Crippen LogP contribution in [0.5, 0.6) is 0 Å². The Morgan fingerprint density at radius 2 is 1.70 bits per heavy atom. The van der Waals surface area contributed by atoms with E-state index in [0.29, 0.717) is 16.6 Å². The summed E-state index contributed by atoms with van der Waals surface area (Å²) in [5, 5.41) is 10.5. The van der Waals surface area contributed by atoms with Crippen LogP contribution in [-0.2, 0) is 10.0 Å². The number of hydrogen-bond donors (Lipinski definition) is 3. The number of aromatic nitrogens is 2. The molecule has 30 heavy (non-hydrogen) atoms. The van der Waals surface area contributed by atoms with Crippen LogP contribution in [0.4, 0.5) is 5.69 Å². The number of nitrogens with one attached hydrogen (secondary N) is 2. The Balaban J connectivity index is 1.65. The van der Waals surface area contributed by atoms with Gasteiger partial charge in [0.2, 0.25) is 0 Å². The minimum Gasteiger partial charge on any atom is -0.507 e. The second-order valence-corrected chi connectivity index (χ2v) is 8.18. The van der Waals surface area contributed by atoms with Crippen molar-refractivity contribution >= 4 is 38.6 Å². The predicted octanol–water partition coefficient (Wildman–Crippen LogP) is 3.78. The molecule has 0 radical (unpaired) electrons. The van der Waals surface area contributed by atoms with Gasteiger partial charge in [-0.1, -0.05) is 42.5 Å². The molecule has 0 amide bonds. The Kier molecular flexibility index (Phi) is 5.07. The molecule has 0 aliphatic carbocycles. The van der Waals surface area contributed by atoms with Crippen LogP contribution in [0.1, 0.15) is 11.3 Å². The summed E-state index contributed by atoms with van der Waals surface area (Å²) in [6.07, 6.45) is 1.25. The SMILES string of the molecule is O=c1[nH]c2ccccc2nc1/C=C(\O)c1cccc(NS(=O)(=O)c2ccccc2)c1. The molecule has 0 fully saturated rings. The number of sulfonamides is 1. The first-order valence-electron chi connectivity index (χ1n) is 9.00. The molecule has 0 unspecified atom stereocenters. The Bertz CT molecular complexity index is 1410. The van der Waals surface area contributed by atoms with Crippen LogP contribution in [-0.4, -0.2) is 23.5 Å². The first-order chi connectivity index (χ1) is 14.4. The molecule has 4 aromatic rings. The Hall–Kier alpha value is -3.91. The third-order valence-corrected chi connectivity index (χ3v) is 5.76. The maximum Gasteiger partial charge on any atom is 0.274 e. The average Bonchev–Trinajstić information content (AvgIpc) is 2.75. The first-order valence-corrected chi connectivity index (χ1v) is 10.5. The number of nitrogens with zero attached hydrogens (tertiary/aromatic N) is 1. The Morgan fingerprint density at radius 1 is 0.967 bits per heavy atom. The summed E-state index contributed by atoms with van der Waals surface area (Å²) in [5.41, 5.74) is 1.38. The number of H-pyrrole nitrogens is 1. The van der Waals surface area contributed by atoms with Crippen LogP contribution in [0.2, 0.25) is 0 Å². The van der Waals surface area contributed by atoms with Crippen molar-refractivity contribution in [2.24, 2.45) is 0 Å². The largest absolute Gasteiger partial charge is 0.507 e. The van der Waals surface area contributed by atoms with Gasteiger partial charge in [-0.05, 0) is 36.4 Å². The minimum atomic E-state index is -3.76. The standard InChI is InChI=1S/C22H17N3O4S/c26-21(14-20-22(27)24-19-12-5-4-11-18(19)23-20)15-7-6-8-16(13-15)25-30(28,29)17-9-2-1-3-10-17/h1-14,25-26H,(H,24,27)/b21-14-. The van der Waals surface area contributed by atoms with E-state index in [2.05, 4.69) is 14.7 Å². The highest BCUT2D eigenvalue weighted by atomic mass is 32.2. The number of hydrogen-bond acceptors (Lipinski definition) is 5. The lowest BCUT2D eigenvalue weighted by Crippen LogP contribution is -2.13. The van der Waals surface area contributed by atoms with E-state index in [1.807, 2.05) is 0 Å². The number of benzene rings is 3. The Morgan fingerprint density at radius 3 is 2.50 bits per heavy atom. The molecule has 3 N–H and O–H groups in total. The molecule has 7 nitrogen and oxygen atoms in total. The zero-order valence-corrected chi connectivity index (χ0v) is 16.4. The van der Waals surface area contributed by atoms with E-state index in [1.54, 1.807) is 60.7 Å². The molecule has 4 rings (SSSR count). The summed E-state index contributed by atoms with van der Waals surface area (Å²) in [6, 6.07) is 21.3. The van der Waals surface area contributed by atoms with Gasteiger partial charge in [-0.2, -0.15) is 0 Å². The van der Waals surface area contributed by atoms with E-state index < -0.39 is 15.6 Å². The number of anilines is 1. The molecule has 8 heteroatoms. The molecule has 0 saturated carbocycles. The summed E-state index contributed by atoms with van der Waals surface area (Å²) in [6.45, 7) is 0. The number of rotatable bonds is 5. The number of aromatic amines is 1. The van der Waals surface area contributed by atoms with Crippen molar-refractivity contribution in [2.75, 3.05) is 4.72 Å². The summed E-state index contributed by atoms with van der Waals surface area (Å²) < 4.78 is 27.5. The third kappa shape index (κ3) is 4.08. The molecular formula is C22H17N3O4S. The lowest BCUT2D eigenvalue weighted by atomic mass is 10.1. The fourth-order valence-electron chi connectivity index (χ4n) is 2.91. The third-order valence-electron chi connectivity index (χ3n) is 4.36. The summed E-state index contributed by atoms with van der Waals surface area (Å²) >= 11 is 0. The van der Waals surface area contributed by atoms with Crippen molar-refractivity contribution in [3.8, 4) is 0 Å². The lowest BCUT2D eigenvalue weighted by Gasteiger charge is -2.09. The van der Waals surface area contributed by atoms with Gasteiger partial charge < -0.3 is 10.1 Å². The fourth-order valence-corrected chi connectivity index (χ4v) is 3.98. The summed E-state index contributed by atoms with van der Waals surface area (Å²) in [4.78, 5) is 19.4. The molecule has 0 bridgehead atoms. The van der Waals surface area contributed by atoms with Crippen LogP contribution >= 0.6 is 0 Å². The summed E-state index contributed by atoms with van der Waals surface area (Å²) in [7, 11) is -3.76. The van der Waals surface area contributed by atoms with E-state index in [0.717, 1.165) is 0 Å². The number of fused-ring (bicyclic) bond motifs is 1. The van der Waals surface area contributed by atoms with E-state index in [1.165, 1.54) is 24.3 Å². The normalized spacial score (nSPS) is 12.1. The minimum absolute atomic E-state index is 0.0430. The van der Waals surface area contributed by atoms with Crippen LogP contribution in [0, 0.1) is 0 Å². The second kappa shape index (κ2) is 7.84. The molecule has 0 spiro atoms. The van der Waals surface area contributed by atoms with Gasteiger partial charge in [0.05, 0.1) is 15.9 Å². The van der Waals surface area contributed by atoms with Crippen molar-refractivity contribution < 1.29 is 13.5 Å². The van der Waals surface area contributed by atoms with Gasteiger partial charge in [-0.15, -0.1) is 0 Å². The smallest absolute Gasteiger partial charge is 0.274 e. The monoisotopic (exact) mass is 419 g/mol. The van der Waals surface area contributed by atoms with Gasteiger partial charge in [0, 0.05) is 17.3 Å². The highest BCUT2D eigenvalue weighted by Gasteiger charge is 2.14. The van der Waals surface area contributed by atoms with E-state index in [-0.39, 0.29) is 22.0 Å². The van der Waals surface area contributed by atoms with Crippen molar-refractivity contribution in [2.45, 2.75) is 4.90 Å². The van der Waals surface area contributed by atoms with Gasteiger partial charge in [0.1, 0.15) is 11.5 Å². The van der Waals surface area contributed by atoms with Crippen LogP contribution in [0.15, 0.2) is 88.6 Å². The van der Waals surface area contributed by atoms with Crippen molar-refractivity contribution in [1.29, 1.82) is 0 Å². The van der Waals surface area contributed by atoms with E-state index >= 15 is 0 Å². The lowest BCUT2D eigenvalue weighted by molar-refractivity contribution is 0.515. The van der Waals surface area contributed by atoms with Gasteiger partial charge in [-0.25, -0.2) is 13.4 Å².